The number of carbonyl (C=O) groups excluding carboxylic acids is 3. The van der Waals surface area contributed by atoms with E-state index in [0.717, 1.165) is 5.56 Å². The summed E-state index contributed by atoms with van der Waals surface area (Å²) in [7, 11) is 0. The van der Waals surface area contributed by atoms with Crippen LogP contribution in [-0.4, -0.2) is 29.2 Å². The Morgan fingerprint density at radius 1 is 0.838 bits per heavy atom. The van der Waals surface area contributed by atoms with E-state index in [1.165, 1.54) is 17.0 Å². The Kier molecular flexibility index (Phi) is 6.88. The number of ether oxygens (including phenoxy) is 1. The molecular weight excluding hydrogens is 494 g/mol. The molecule has 0 fully saturated rings. The van der Waals surface area contributed by atoms with Crippen molar-refractivity contribution in [2.45, 2.75) is 25.7 Å². The third kappa shape index (κ3) is 5.17. The van der Waals surface area contributed by atoms with Gasteiger partial charge in [0.2, 0.25) is 0 Å². The largest absolute Gasteiger partial charge is 0.456 e. The highest BCUT2D eigenvalue weighted by Crippen LogP contribution is 2.26. The third-order valence-corrected chi connectivity index (χ3v) is 6.45. The molecule has 0 bridgehead atoms. The quantitative estimate of drug-likeness (QED) is 0.126. The molecule has 4 aromatic rings. The van der Waals surface area contributed by atoms with Gasteiger partial charge in [-0.05, 0) is 67.4 Å². The molecule has 0 atom stereocenters. The van der Waals surface area contributed by atoms with Gasteiger partial charge in [0, 0.05) is 29.6 Å². The van der Waals surface area contributed by atoms with Crippen LogP contribution in [0.3, 0.4) is 0 Å². The first-order valence-corrected chi connectivity index (χ1v) is 12.3. The number of amides is 2. The summed E-state index contributed by atoms with van der Waals surface area (Å²) in [6.07, 6.45) is 1.95. The fourth-order valence-corrected chi connectivity index (χ4v) is 4.42. The lowest BCUT2D eigenvalue weighted by molar-refractivity contribution is -0.134. The van der Waals surface area contributed by atoms with Gasteiger partial charge in [0.15, 0.2) is 5.43 Å². The number of nitrogens with zero attached hydrogens (tertiary/aromatic N) is 1. The Labute approximate surface area is 217 Å². The van der Waals surface area contributed by atoms with Gasteiger partial charge in [-0.3, -0.25) is 24.1 Å². The smallest absolute Gasteiger partial charge is 0.311 e. The summed E-state index contributed by atoms with van der Waals surface area (Å²) in [6, 6.07) is 19.8. The average Bonchev–Trinajstić information content (AvgIpc) is 3.14. The minimum absolute atomic E-state index is 0.171. The number of unbranched alkanes of at least 4 members (excludes halogenated alkanes) is 2. The van der Waals surface area contributed by atoms with Crippen LogP contribution in [0, 0.1) is 0 Å². The van der Waals surface area contributed by atoms with Crippen LogP contribution in [0.15, 0.2) is 82.0 Å². The normalized spacial score (nSPS) is 12.7. The van der Waals surface area contributed by atoms with E-state index >= 15 is 0 Å². The summed E-state index contributed by atoms with van der Waals surface area (Å²) >= 11 is 5.92. The van der Waals surface area contributed by atoms with E-state index in [1.807, 2.05) is 0 Å². The molecule has 0 unspecified atom stereocenters. The Balaban J connectivity index is 1.13. The molecule has 37 heavy (non-hydrogen) atoms. The molecule has 8 heteroatoms. The van der Waals surface area contributed by atoms with Crippen molar-refractivity contribution >= 4 is 40.4 Å². The van der Waals surface area contributed by atoms with Gasteiger partial charge in [-0.15, -0.1) is 0 Å². The molecule has 1 aliphatic heterocycles. The number of fused-ring (bicyclic) bond motifs is 2. The van der Waals surface area contributed by atoms with Crippen molar-refractivity contribution in [3.63, 3.8) is 0 Å². The predicted molar refractivity (Wildman–Crippen MR) is 139 cm³/mol. The molecular formula is C29H22ClNO6. The molecule has 0 saturated carbocycles. The van der Waals surface area contributed by atoms with Gasteiger partial charge < -0.3 is 9.15 Å². The number of esters is 1. The second-order valence-corrected chi connectivity index (χ2v) is 9.17. The third-order valence-electron chi connectivity index (χ3n) is 6.20. The van der Waals surface area contributed by atoms with Crippen LogP contribution in [0.25, 0.3) is 22.3 Å². The number of imide groups is 1. The fourth-order valence-electron chi connectivity index (χ4n) is 4.30. The molecule has 0 spiro atoms. The minimum Gasteiger partial charge on any atom is -0.456 e. The Hall–Kier alpha value is -4.23. The summed E-state index contributed by atoms with van der Waals surface area (Å²) in [5.74, 6) is -0.306. The van der Waals surface area contributed by atoms with E-state index in [1.54, 1.807) is 60.7 Å². The van der Waals surface area contributed by atoms with Crippen molar-refractivity contribution in [3.8, 4) is 17.1 Å². The summed E-state index contributed by atoms with van der Waals surface area (Å²) in [4.78, 5) is 51.0. The van der Waals surface area contributed by atoms with Crippen molar-refractivity contribution in [1.82, 2.24) is 4.90 Å². The van der Waals surface area contributed by atoms with Crippen molar-refractivity contribution in [3.05, 3.63) is 99.2 Å². The molecule has 2 heterocycles. The summed E-state index contributed by atoms with van der Waals surface area (Å²) < 4.78 is 11.3. The maximum Gasteiger partial charge on any atom is 0.311 e. The second-order valence-electron chi connectivity index (χ2n) is 8.73. The van der Waals surface area contributed by atoms with Crippen molar-refractivity contribution in [2.75, 3.05) is 6.54 Å². The molecule has 186 valence electrons. The highest BCUT2D eigenvalue weighted by atomic mass is 35.5. The van der Waals surface area contributed by atoms with Crippen LogP contribution < -0.4 is 10.2 Å². The first-order valence-electron chi connectivity index (χ1n) is 11.9. The van der Waals surface area contributed by atoms with E-state index in [0.29, 0.717) is 58.7 Å². The second kappa shape index (κ2) is 10.4. The Bertz CT molecular complexity index is 1540. The molecule has 0 N–H and O–H groups in total. The van der Waals surface area contributed by atoms with Gasteiger partial charge in [0.25, 0.3) is 11.8 Å². The predicted octanol–water partition coefficient (Wildman–Crippen LogP) is 5.88. The van der Waals surface area contributed by atoms with Crippen LogP contribution in [0.4, 0.5) is 0 Å². The fraction of sp³-hybridized carbons (Fsp3) is 0.172. The highest BCUT2D eigenvalue weighted by molar-refractivity contribution is 6.30. The summed E-state index contributed by atoms with van der Waals surface area (Å²) in [5.41, 5.74) is 1.72. The number of benzene rings is 3. The van der Waals surface area contributed by atoms with Crippen LogP contribution in [0.2, 0.25) is 5.02 Å². The Morgan fingerprint density at radius 2 is 1.54 bits per heavy atom. The van der Waals surface area contributed by atoms with E-state index < -0.39 is 5.97 Å². The molecule has 3 aromatic carbocycles. The number of hydrogen-bond acceptors (Lipinski definition) is 6. The van der Waals surface area contributed by atoms with Gasteiger partial charge in [0.05, 0.1) is 16.5 Å². The van der Waals surface area contributed by atoms with Crippen molar-refractivity contribution in [2.24, 2.45) is 0 Å². The van der Waals surface area contributed by atoms with Crippen LogP contribution >= 0.6 is 11.6 Å². The van der Waals surface area contributed by atoms with Gasteiger partial charge in [-0.2, -0.15) is 0 Å². The van der Waals surface area contributed by atoms with Crippen LogP contribution in [-0.2, 0) is 4.79 Å². The highest BCUT2D eigenvalue weighted by Gasteiger charge is 2.34. The minimum atomic E-state index is -0.428. The van der Waals surface area contributed by atoms with Crippen molar-refractivity contribution in [1.29, 1.82) is 0 Å². The summed E-state index contributed by atoms with van der Waals surface area (Å²) in [6.45, 7) is 0.305. The van der Waals surface area contributed by atoms with Gasteiger partial charge in [-0.25, -0.2) is 0 Å². The van der Waals surface area contributed by atoms with E-state index in [-0.39, 0.29) is 29.4 Å². The topological polar surface area (TPSA) is 93.9 Å². The number of carbonyl (C=O) groups is 3. The van der Waals surface area contributed by atoms with Crippen LogP contribution in [0.1, 0.15) is 46.4 Å². The monoisotopic (exact) mass is 515 g/mol. The molecule has 0 aliphatic carbocycles. The molecule has 0 saturated heterocycles. The van der Waals surface area contributed by atoms with Gasteiger partial charge in [-0.1, -0.05) is 30.2 Å². The molecule has 5 rings (SSSR count). The van der Waals surface area contributed by atoms with Gasteiger partial charge >= 0.3 is 5.97 Å². The summed E-state index contributed by atoms with van der Waals surface area (Å²) in [5, 5.41) is 0.894. The number of halogens is 1. The number of hydrogen-bond donors (Lipinski definition) is 0. The molecule has 1 aromatic heterocycles. The Morgan fingerprint density at radius 3 is 2.24 bits per heavy atom. The van der Waals surface area contributed by atoms with E-state index in [9.17, 15) is 19.2 Å². The lowest BCUT2D eigenvalue weighted by Gasteiger charge is -2.13. The zero-order chi connectivity index (χ0) is 25.9. The van der Waals surface area contributed by atoms with Crippen LogP contribution in [0.5, 0.6) is 5.75 Å². The average molecular weight is 516 g/mol. The standard InChI is InChI=1S/C29H22ClNO6/c30-19-11-9-18(10-12-19)26-17-24(32)23-16-20(13-14-25(23)37-26)36-27(33)8-2-1-5-15-31-28(34)21-6-3-4-7-22(21)29(31)35/h3-4,6-7,9-14,16-17H,1-2,5,8,15H2. The van der Waals surface area contributed by atoms with E-state index in [4.69, 9.17) is 20.8 Å². The zero-order valence-corrected chi connectivity index (χ0v) is 20.5. The molecule has 0 radical (unpaired) electrons. The maximum absolute atomic E-state index is 12.7. The molecule has 2 amide bonds. The lowest BCUT2D eigenvalue weighted by Crippen LogP contribution is -2.30. The van der Waals surface area contributed by atoms with Crippen molar-refractivity contribution < 1.29 is 23.5 Å². The number of rotatable bonds is 8. The zero-order valence-electron chi connectivity index (χ0n) is 19.7. The SMILES string of the molecule is O=C(CCCCCN1C(=O)c2ccccc2C1=O)Oc1ccc2oc(-c3ccc(Cl)cc3)cc(=O)c2c1. The molecule has 7 nitrogen and oxygen atoms in total. The molecule has 1 aliphatic rings. The lowest BCUT2D eigenvalue weighted by atomic mass is 10.1. The van der Waals surface area contributed by atoms with E-state index in [2.05, 4.69) is 0 Å². The van der Waals surface area contributed by atoms with Gasteiger partial charge in [0.1, 0.15) is 17.1 Å². The first kappa shape index (κ1) is 24.5. The maximum atomic E-state index is 12.7. The first-order chi connectivity index (χ1) is 17.9.